The maximum absolute atomic E-state index is 14.9. The lowest BCUT2D eigenvalue weighted by Gasteiger charge is -2.37. The van der Waals surface area contributed by atoms with Crippen molar-refractivity contribution in [3.8, 4) is 5.75 Å². The van der Waals surface area contributed by atoms with E-state index in [0.29, 0.717) is 42.9 Å². The minimum atomic E-state index is -3.02. The molecule has 2 N–H and O–H groups in total. The number of ether oxygens (including phenoxy) is 2. The summed E-state index contributed by atoms with van der Waals surface area (Å²) in [6, 6.07) is 20.9. The van der Waals surface area contributed by atoms with Gasteiger partial charge < -0.3 is 34.1 Å². The number of benzene rings is 3. The van der Waals surface area contributed by atoms with Gasteiger partial charge in [-0.1, -0.05) is 43.3 Å². The Morgan fingerprint density at radius 1 is 1.06 bits per heavy atom. The zero-order chi connectivity index (χ0) is 34.7. The fourth-order valence-electron chi connectivity index (χ4n) is 8.76. The van der Waals surface area contributed by atoms with E-state index in [2.05, 4.69) is 0 Å². The first-order valence-corrected chi connectivity index (χ1v) is 20.3. The van der Waals surface area contributed by atoms with Crippen LogP contribution in [0.2, 0.25) is 18.6 Å². The molecule has 0 aliphatic carbocycles. The van der Waals surface area contributed by atoms with Crippen molar-refractivity contribution >= 4 is 37.4 Å². The Balaban J connectivity index is 1.21. The maximum atomic E-state index is 14.9. The van der Waals surface area contributed by atoms with E-state index in [4.69, 9.17) is 9.47 Å². The number of hydrogen-bond acceptors (Lipinski definition) is 7. The van der Waals surface area contributed by atoms with Gasteiger partial charge in [0, 0.05) is 42.2 Å². The van der Waals surface area contributed by atoms with Gasteiger partial charge in [0.25, 0.3) is 5.91 Å². The van der Waals surface area contributed by atoms with Gasteiger partial charge in [0.2, 0.25) is 11.8 Å². The minimum absolute atomic E-state index is 0.0182. The number of fused-ring (bicyclic) bond motifs is 3. The molecule has 5 atom stereocenters. The normalized spacial score (nSPS) is 26.4. The highest BCUT2D eigenvalue weighted by Gasteiger charge is 2.66. The first kappa shape index (κ1) is 33.5. The lowest BCUT2D eigenvalue weighted by Crippen LogP contribution is -2.48. The summed E-state index contributed by atoms with van der Waals surface area (Å²) >= 11 is 0. The summed E-state index contributed by atoms with van der Waals surface area (Å²) in [4.78, 5) is 58.3. The first-order valence-electron chi connectivity index (χ1n) is 17.2. The Bertz CT molecular complexity index is 1780. The van der Waals surface area contributed by atoms with Crippen LogP contribution in [0.25, 0.3) is 0 Å². The fraction of sp³-hybridized carbons (Fsp3) is 0.447. The molecule has 4 heterocycles. The summed E-state index contributed by atoms with van der Waals surface area (Å²) < 4.78 is 12.6. The van der Waals surface area contributed by atoms with Gasteiger partial charge in [0.15, 0.2) is 13.9 Å². The zero-order valence-corrected chi connectivity index (χ0v) is 29.6. The van der Waals surface area contributed by atoms with Crippen LogP contribution in [0.4, 0.5) is 11.4 Å². The number of aliphatic hydroxyl groups excluding tert-OH is 1. The van der Waals surface area contributed by atoms with E-state index < -0.39 is 31.5 Å². The molecule has 7 rings (SSSR count). The van der Waals surface area contributed by atoms with Crippen LogP contribution in [-0.4, -0.2) is 73.2 Å². The number of aliphatic hydroxyl groups is 1. The summed E-state index contributed by atoms with van der Waals surface area (Å²) in [6.45, 7) is 6.86. The molecule has 11 heteroatoms. The lowest BCUT2D eigenvalue weighted by atomic mass is 9.82. The highest BCUT2D eigenvalue weighted by molar-refractivity contribution is 6.71. The third kappa shape index (κ3) is 5.66. The van der Waals surface area contributed by atoms with Crippen LogP contribution in [0.1, 0.15) is 48.4 Å². The van der Waals surface area contributed by atoms with E-state index in [9.17, 15) is 24.3 Å². The maximum Gasteiger partial charge on any atom is 0.264 e. The molecule has 2 saturated heterocycles. The van der Waals surface area contributed by atoms with Crippen molar-refractivity contribution in [3.05, 3.63) is 89.0 Å². The summed E-state index contributed by atoms with van der Waals surface area (Å²) in [7, 11) is -1.44. The van der Waals surface area contributed by atoms with Crippen molar-refractivity contribution in [1.82, 2.24) is 4.90 Å². The summed E-state index contributed by atoms with van der Waals surface area (Å²) in [5.41, 5.74) is 3.43. The number of methoxy groups -OCH3 is 1. The Hall–Kier alpha value is -4.03. The molecule has 0 bridgehead atoms. The second-order valence-electron chi connectivity index (χ2n) is 14.5. The molecule has 49 heavy (non-hydrogen) atoms. The third-order valence-corrected chi connectivity index (χ3v) is 13.6. The quantitative estimate of drug-likeness (QED) is 0.336. The number of hydrogen-bond donors (Lipinski definition) is 2. The number of nitrogens with zero attached hydrogens (tertiary/aromatic N) is 3. The predicted octanol–water partition coefficient (Wildman–Crippen LogP) is 4.50. The van der Waals surface area contributed by atoms with Crippen LogP contribution >= 0.6 is 0 Å². The van der Waals surface area contributed by atoms with Gasteiger partial charge in [0.05, 0.1) is 44.5 Å². The van der Waals surface area contributed by atoms with Crippen molar-refractivity contribution in [2.24, 2.45) is 5.92 Å². The van der Waals surface area contributed by atoms with Crippen molar-refractivity contribution in [2.75, 3.05) is 30.1 Å². The SMILES string of the molecule is COc1ccc2c(c1)[C@@]1(O[C@H](CC(=O)N3Cc4ccccc4C[C@H]3CO)[C@@H]([Si](C)(C)O)[C@@H]1C)C(=O)N2Cc1ccc(N2CCCC2=O)cc1. The van der Waals surface area contributed by atoms with E-state index in [1.807, 2.05) is 86.7 Å². The molecular formula is C38H45N3O7Si. The topological polar surface area (TPSA) is 120 Å². The molecular weight excluding hydrogens is 639 g/mol. The van der Waals surface area contributed by atoms with Gasteiger partial charge in [-0.05, 0) is 73.0 Å². The van der Waals surface area contributed by atoms with Crippen LogP contribution in [0, 0.1) is 5.92 Å². The van der Waals surface area contributed by atoms with Crippen molar-refractivity contribution in [1.29, 1.82) is 0 Å². The number of amides is 3. The van der Waals surface area contributed by atoms with Gasteiger partial charge >= 0.3 is 0 Å². The van der Waals surface area contributed by atoms with E-state index in [0.717, 1.165) is 28.8 Å². The van der Waals surface area contributed by atoms with E-state index in [1.54, 1.807) is 21.8 Å². The number of anilines is 2. The lowest BCUT2D eigenvalue weighted by molar-refractivity contribution is -0.151. The van der Waals surface area contributed by atoms with Gasteiger partial charge in [-0.25, -0.2) is 0 Å². The Kier molecular flexibility index (Phi) is 8.67. The van der Waals surface area contributed by atoms with E-state index in [-0.39, 0.29) is 43.3 Å². The van der Waals surface area contributed by atoms with E-state index in [1.165, 1.54) is 0 Å². The molecule has 0 radical (unpaired) electrons. The van der Waals surface area contributed by atoms with Gasteiger partial charge in [-0.15, -0.1) is 0 Å². The summed E-state index contributed by atoms with van der Waals surface area (Å²) in [5.74, 6) is -0.150. The predicted molar refractivity (Wildman–Crippen MR) is 188 cm³/mol. The molecule has 2 fully saturated rings. The average molecular weight is 684 g/mol. The van der Waals surface area contributed by atoms with Crippen molar-refractivity contribution in [3.63, 3.8) is 0 Å². The van der Waals surface area contributed by atoms with Crippen molar-refractivity contribution in [2.45, 2.75) is 82.1 Å². The summed E-state index contributed by atoms with van der Waals surface area (Å²) in [5, 5.41) is 10.3. The molecule has 4 aliphatic rings. The highest BCUT2D eigenvalue weighted by atomic mass is 28.4. The van der Waals surface area contributed by atoms with Crippen LogP contribution in [-0.2, 0) is 44.2 Å². The Morgan fingerprint density at radius 3 is 2.45 bits per heavy atom. The van der Waals surface area contributed by atoms with Gasteiger partial charge in [-0.2, -0.15) is 0 Å². The molecule has 3 aromatic rings. The Labute approximate surface area is 288 Å². The first-order chi connectivity index (χ1) is 23.5. The molecule has 3 amide bonds. The zero-order valence-electron chi connectivity index (χ0n) is 28.6. The van der Waals surface area contributed by atoms with Crippen LogP contribution in [0.5, 0.6) is 5.75 Å². The minimum Gasteiger partial charge on any atom is -0.497 e. The second-order valence-corrected chi connectivity index (χ2v) is 18.5. The Morgan fingerprint density at radius 2 is 1.80 bits per heavy atom. The smallest absolute Gasteiger partial charge is 0.264 e. The molecule has 10 nitrogen and oxygen atoms in total. The van der Waals surface area contributed by atoms with E-state index >= 15 is 0 Å². The number of carbonyl (C=O) groups excluding carboxylic acids is 3. The third-order valence-electron chi connectivity index (χ3n) is 11.1. The van der Waals surface area contributed by atoms with Crippen LogP contribution in [0.3, 0.4) is 0 Å². The standard InChI is InChI=1S/C38H45N3O7Si/c1-24-36(49(3,4)46)33(20-35(44)40-22-27-9-6-5-8-26(27)18-29(40)23-42)48-38(24)31-19-30(47-2)15-16-32(31)41(37(38)45)21-25-11-13-28(14-12-25)39-17-7-10-34(39)43/h5-6,8-9,11-16,19,24,29,33,36,42,46H,7,10,17-18,20-23H2,1-4H3/t24-,29-,33+,36-,38+/m0/s1. The van der Waals surface area contributed by atoms with Crippen LogP contribution in [0.15, 0.2) is 66.7 Å². The molecule has 3 aromatic carbocycles. The summed E-state index contributed by atoms with van der Waals surface area (Å²) in [6.07, 6.45) is 1.23. The monoisotopic (exact) mass is 683 g/mol. The molecule has 4 aliphatic heterocycles. The molecule has 0 unspecified atom stereocenters. The fourth-order valence-corrected chi connectivity index (χ4v) is 11.3. The van der Waals surface area contributed by atoms with Gasteiger partial charge in [0.1, 0.15) is 5.75 Å². The average Bonchev–Trinajstić information content (AvgIpc) is 3.72. The molecule has 1 spiro atoms. The molecule has 0 saturated carbocycles. The highest BCUT2D eigenvalue weighted by Crippen LogP contribution is 2.60. The van der Waals surface area contributed by atoms with Crippen LogP contribution < -0.4 is 14.5 Å². The number of carbonyl (C=O) groups is 3. The van der Waals surface area contributed by atoms with Gasteiger partial charge in [-0.3, -0.25) is 14.4 Å². The number of rotatable bonds is 8. The second kappa shape index (κ2) is 12.7. The molecule has 0 aromatic heterocycles. The largest absolute Gasteiger partial charge is 0.497 e. The van der Waals surface area contributed by atoms with Crippen molar-refractivity contribution < 1.29 is 33.8 Å². The molecule has 258 valence electrons.